The molecule has 0 aliphatic rings. The van der Waals surface area contributed by atoms with Crippen molar-refractivity contribution in [3.8, 4) is 0 Å². The molecule has 0 rings (SSSR count). The summed E-state index contributed by atoms with van der Waals surface area (Å²) in [5.74, 6) is 0. The Morgan fingerprint density at radius 1 is 1.27 bits per heavy atom. The Bertz CT molecular complexity index is 94.2. The predicted molar refractivity (Wildman–Crippen MR) is 46.4 cm³/mol. The highest BCUT2D eigenvalue weighted by Crippen LogP contribution is 2.14. The third kappa shape index (κ3) is 5.22. The summed E-state index contributed by atoms with van der Waals surface area (Å²) in [6.45, 7) is 5.41. The van der Waals surface area contributed by atoms with Crippen LogP contribution in [-0.2, 0) is 0 Å². The van der Waals surface area contributed by atoms with Gasteiger partial charge < -0.3 is 10.2 Å². The average molecular weight is 160 g/mol. The molecule has 0 fully saturated rings. The van der Waals surface area contributed by atoms with Gasteiger partial charge in [0.1, 0.15) is 0 Å². The largest absolute Gasteiger partial charge is 0.390 e. The molecule has 0 bridgehead atoms. The predicted octanol–water partition coefficient (Wildman–Crippen LogP) is 1.70. The van der Waals surface area contributed by atoms with Crippen molar-refractivity contribution in [1.82, 2.24) is 0 Å². The highest BCUT2D eigenvalue weighted by molar-refractivity contribution is 4.75. The van der Waals surface area contributed by atoms with E-state index in [0.717, 1.165) is 19.3 Å². The lowest BCUT2D eigenvalue weighted by molar-refractivity contribution is -0.0521. The van der Waals surface area contributed by atoms with Crippen LogP contribution in [-0.4, -0.2) is 21.9 Å². The zero-order chi connectivity index (χ0) is 8.91. The third-order valence-corrected chi connectivity index (χ3v) is 1.90. The van der Waals surface area contributed by atoms with Gasteiger partial charge in [-0.15, -0.1) is 0 Å². The van der Waals surface area contributed by atoms with Gasteiger partial charge in [-0.3, -0.25) is 0 Å². The van der Waals surface area contributed by atoms with Gasteiger partial charge in [-0.2, -0.15) is 0 Å². The van der Waals surface area contributed by atoms with E-state index in [0.29, 0.717) is 6.42 Å². The number of hydrogen-bond donors (Lipinski definition) is 2. The Balaban J connectivity index is 3.44. The first kappa shape index (κ1) is 10.9. The molecule has 2 nitrogen and oxygen atoms in total. The van der Waals surface area contributed by atoms with Crippen LogP contribution in [0.5, 0.6) is 0 Å². The van der Waals surface area contributed by atoms with Gasteiger partial charge in [0.2, 0.25) is 0 Å². The zero-order valence-corrected chi connectivity index (χ0v) is 7.80. The van der Waals surface area contributed by atoms with E-state index < -0.39 is 11.7 Å². The molecule has 0 saturated heterocycles. The second-order valence-electron chi connectivity index (χ2n) is 3.67. The fourth-order valence-electron chi connectivity index (χ4n) is 0.941. The Labute approximate surface area is 69.2 Å². The van der Waals surface area contributed by atoms with Crippen molar-refractivity contribution in [2.45, 2.75) is 58.2 Å². The van der Waals surface area contributed by atoms with Crippen molar-refractivity contribution in [1.29, 1.82) is 0 Å². The molecular weight excluding hydrogens is 140 g/mol. The molecule has 2 N–H and O–H groups in total. The normalized spacial score (nSPS) is 15.0. The van der Waals surface area contributed by atoms with E-state index in [4.69, 9.17) is 0 Å². The first-order chi connectivity index (χ1) is 4.98. The van der Waals surface area contributed by atoms with Crippen LogP contribution >= 0.6 is 0 Å². The molecule has 0 unspecified atom stereocenters. The first-order valence-corrected chi connectivity index (χ1v) is 4.39. The van der Waals surface area contributed by atoms with Crippen molar-refractivity contribution in [2.24, 2.45) is 0 Å². The maximum Gasteiger partial charge on any atom is 0.0849 e. The minimum Gasteiger partial charge on any atom is -0.390 e. The van der Waals surface area contributed by atoms with Gasteiger partial charge >= 0.3 is 0 Å². The van der Waals surface area contributed by atoms with Gasteiger partial charge in [-0.05, 0) is 20.3 Å². The lowest BCUT2D eigenvalue weighted by atomic mass is 9.97. The van der Waals surface area contributed by atoms with Crippen molar-refractivity contribution < 1.29 is 10.2 Å². The monoisotopic (exact) mass is 160 g/mol. The lowest BCUT2D eigenvalue weighted by Gasteiger charge is -2.24. The van der Waals surface area contributed by atoms with Crippen LogP contribution in [0.2, 0.25) is 0 Å². The molecule has 0 amide bonds. The second kappa shape index (κ2) is 4.73. The van der Waals surface area contributed by atoms with E-state index in [1.54, 1.807) is 13.8 Å². The maximum absolute atomic E-state index is 9.36. The average Bonchev–Trinajstić information content (AvgIpc) is 1.86. The van der Waals surface area contributed by atoms with Gasteiger partial charge in [0.05, 0.1) is 11.7 Å². The van der Waals surface area contributed by atoms with Crippen LogP contribution in [0.25, 0.3) is 0 Å². The molecule has 0 spiro atoms. The summed E-state index contributed by atoms with van der Waals surface area (Å²) in [5.41, 5.74) is -0.937. The van der Waals surface area contributed by atoms with Gasteiger partial charge in [0.25, 0.3) is 0 Å². The Hall–Kier alpha value is -0.0800. The van der Waals surface area contributed by atoms with Crippen molar-refractivity contribution in [2.75, 3.05) is 0 Å². The Morgan fingerprint density at radius 3 is 2.18 bits per heavy atom. The molecule has 0 aliphatic carbocycles. The highest BCUT2D eigenvalue weighted by Gasteiger charge is 2.23. The van der Waals surface area contributed by atoms with E-state index in [1.165, 1.54) is 0 Å². The number of rotatable bonds is 5. The number of unbranched alkanes of at least 4 members (excludes halogenated alkanes) is 2. The minimum atomic E-state index is -0.937. The quantitative estimate of drug-likeness (QED) is 0.601. The van der Waals surface area contributed by atoms with Gasteiger partial charge in [0, 0.05) is 0 Å². The number of aliphatic hydroxyl groups excluding tert-OH is 1. The molecule has 11 heavy (non-hydrogen) atoms. The molecule has 0 aromatic heterocycles. The van der Waals surface area contributed by atoms with Crippen molar-refractivity contribution in [3.05, 3.63) is 0 Å². The van der Waals surface area contributed by atoms with Gasteiger partial charge in [-0.1, -0.05) is 26.2 Å². The van der Waals surface area contributed by atoms with E-state index in [-0.39, 0.29) is 0 Å². The molecule has 0 radical (unpaired) electrons. The van der Waals surface area contributed by atoms with Crippen LogP contribution in [0.3, 0.4) is 0 Å². The van der Waals surface area contributed by atoms with Crippen LogP contribution in [0, 0.1) is 0 Å². The fraction of sp³-hybridized carbons (Fsp3) is 1.00. The SMILES string of the molecule is CCCCC[C@@H](O)C(C)(C)O. The number of aliphatic hydroxyl groups is 2. The lowest BCUT2D eigenvalue weighted by Crippen LogP contribution is -2.35. The molecule has 68 valence electrons. The minimum absolute atomic E-state index is 0.575. The maximum atomic E-state index is 9.36. The number of hydrogen-bond acceptors (Lipinski definition) is 2. The first-order valence-electron chi connectivity index (χ1n) is 4.39. The second-order valence-corrected chi connectivity index (χ2v) is 3.67. The summed E-state index contributed by atoms with van der Waals surface area (Å²) < 4.78 is 0. The molecule has 2 heteroatoms. The van der Waals surface area contributed by atoms with Crippen molar-refractivity contribution in [3.63, 3.8) is 0 Å². The summed E-state index contributed by atoms with van der Waals surface area (Å²) in [6.07, 6.45) is 3.42. The molecule has 0 aliphatic heterocycles. The summed E-state index contributed by atoms with van der Waals surface area (Å²) in [4.78, 5) is 0. The van der Waals surface area contributed by atoms with Crippen molar-refractivity contribution >= 4 is 0 Å². The summed E-state index contributed by atoms with van der Waals surface area (Å²) in [6, 6.07) is 0. The smallest absolute Gasteiger partial charge is 0.0849 e. The Kier molecular flexibility index (Phi) is 4.69. The van der Waals surface area contributed by atoms with Gasteiger partial charge in [0.15, 0.2) is 0 Å². The molecular formula is C9H20O2. The van der Waals surface area contributed by atoms with E-state index in [9.17, 15) is 10.2 Å². The van der Waals surface area contributed by atoms with Crippen LogP contribution in [0.4, 0.5) is 0 Å². The molecule has 0 aromatic carbocycles. The van der Waals surface area contributed by atoms with Crippen LogP contribution < -0.4 is 0 Å². The van der Waals surface area contributed by atoms with Gasteiger partial charge in [-0.25, -0.2) is 0 Å². The topological polar surface area (TPSA) is 40.5 Å². The van der Waals surface area contributed by atoms with E-state index in [1.807, 2.05) is 0 Å². The molecule has 0 aromatic rings. The van der Waals surface area contributed by atoms with E-state index in [2.05, 4.69) is 6.92 Å². The molecule has 1 atom stereocenters. The van der Waals surface area contributed by atoms with Crippen LogP contribution in [0.1, 0.15) is 46.5 Å². The highest BCUT2D eigenvalue weighted by atomic mass is 16.3. The summed E-state index contributed by atoms with van der Waals surface area (Å²) in [5, 5.41) is 18.7. The standard InChI is InChI=1S/C9H20O2/c1-4-5-6-7-8(10)9(2,3)11/h8,10-11H,4-7H2,1-3H3/t8-/m1/s1. The molecule has 0 saturated carbocycles. The Morgan fingerprint density at radius 2 is 1.82 bits per heavy atom. The summed E-state index contributed by atoms with van der Waals surface area (Å²) >= 11 is 0. The summed E-state index contributed by atoms with van der Waals surface area (Å²) in [7, 11) is 0. The van der Waals surface area contributed by atoms with E-state index >= 15 is 0 Å². The fourth-order valence-corrected chi connectivity index (χ4v) is 0.941. The van der Waals surface area contributed by atoms with Crippen LogP contribution in [0.15, 0.2) is 0 Å². The molecule has 0 heterocycles. The zero-order valence-electron chi connectivity index (χ0n) is 7.80. The third-order valence-electron chi connectivity index (χ3n) is 1.90.